The second-order valence-corrected chi connectivity index (χ2v) is 8.95. The summed E-state index contributed by atoms with van der Waals surface area (Å²) < 4.78 is 74.5. The van der Waals surface area contributed by atoms with Crippen molar-refractivity contribution in [2.45, 2.75) is 57.9 Å². The maximum absolute atomic E-state index is 12.2. The van der Waals surface area contributed by atoms with Gasteiger partial charge in [-0.1, -0.05) is 0 Å². The Bertz CT molecular complexity index is 732. The molecule has 1 aromatic carbocycles. The molecule has 1 heterocycles. The van der Waals surface area contributed by atoms with Crippen LogP contribution in [0.4, 0.5) is 13.2 Å². The molecule has 0 spiro atoms. The first kappa shape index (κ1) is 20.8. The molecule has 1 aliphatic heterocycles. The number of rotatable bonds is 7. The van der Waals surface area contributed by atoms with Crippen LogP contribution in [0.15, 0.2) is 18.2 Å². The summed E-state index contributed by atoms with van der Waals surface area (Å²) in [7, 11) is -3.43. The molecule has 0 amide bonds. The Morgan fingerprint density at radius 2 is 2.04 bits per heavy atom. The molecule has 5 nitrogen and oxygen atoms in total. The molecule has 26 heavy (non-hydrogen) atoms. The third kappa shape index (κ3) is 6.05. The number of fused-ring (bicyclic) bond motifs is 1. The highest BCUT2D eigenvalue weighted by atomic mass is 32.2. The molecule has 0 bridgehead atoms. The third-order valence-corrected chi connectivity index (χ3v) is 5.42. The Balaban J connectivity index is 2.15. The van der Waals surface area contributed by atoms with Crippen molar-refractivity contribution in [1.82, 2.24) is 4.72 Å². The summed E-state index contributed by atoms with van der Waals surface area (Å²) in [5.74, 6) is 0.871. The average Bonchev–Trinajstić information content (AvgIpc) is 2.50. The molecule has 1 atom stereocenters. The van der Waals surface area contributed by atoms with Crippen LogP contribution in [0.25, 0.3) is 0 Å². The molecule has 1 N–H and O–H groups in total. The van der Waals surface area contributed by atoms with Gasteiger partial charge in [-0.2, -0.15) is 13.2 Å². The van der Waals surface area contributed by atoms with Gasteiger partial charge in [0.15, 0.2) is 0 Å². The first-order valence-corrected chi connectivity index (χ1v) is 10.1. The zero-order valence-corrected chi connectivity index (χ0v) is 15.8. The molecule has 0 fully saturated rings. The predicted molar refractivity (Wildman–Crippen MR) is 91.9 cm³/mol. The number of benzene rings is 1. The summed E-state index contributed by atoms with van der Waals surface area (Å²) in [5, 5.41) is 0. The lowest BCUT2D eigenvalue weighted by Crippen LogP contribution is -2.41. The molecule has 1 unspecified atom stereocenters. The average molecular weight is 395 g/mol. The van der Waals surface area contributed by atoms with E-state index < -0.39 is 34.3 Å². The maximum atomic E-state index is 12.2. The molecular formula is C17H24F3NO4S. The lowest BCUT2D eigenvalue weighted by atomic mass is 9.90. The molecule has 0 radical (unpaired) electrons. The topological polar surface area (TPSA) is 64.6 Å². The Morgan fingerprint density at radius 3 is 2.65 bits per heavy atom. The van der Waals surface area contributed by atoms with Crippen molar-refractivity contribution in [3.63, 3.8) is 0 Å². The van der Waals surface area contributed by atoms with Gasteiger partial charge in [-0.05, 0) is 45.4 Å². The maximum Gasteiger partial charge on any atom is 0.389 e. The molecule has 1 aliphatic rings. The van der Waals surface area contributed by atoms with Gasteiger partial charge in [-0.25, -0.2) is 13.1 Å². The lowest BCUT2D eigenvalue weighted by molar-refractivity contribution is -0.136. The fourth-order valence-corrected chi connectivity index (χ4v) is 3.60. The normalized spacial score (nSPS) is 19.5. The van der Waals surface area contributed by atoms with Gasteiger partial charge in [0.2, 0.25) is 10.0 Å². The summed E-state index contributed by atoms with van der Waals surface area (Å²) in [6, 6.07) is 4.40. The van der Waals surface area contributed by atoms with E-state index >= 15 is 0 Å². The number of hydrogen-bond donors (Lipinski definition) is 1. The fraction of sp³-hybridized carbons (Fsp3) is 0.647. The van der Waals surface area contributed by atoms with Crippen LogP contribution in [-0.2, 0) is 10.0 Å². The number of sulfonamides is 1. The van der Waals surface area contributed by atoms with Gasteiger partial charge >= 0.3 is 6.18 Å². The summed E-state index contributed by atoms with van der Waals surface area (Å²) in [4.78, 5) is 0. The van der Waals surface area contributed by atoms with E-state index in [1.165, 1.54) is 0 Å². The van der Waals surface area contributed by atoms with E-state index in [0.717, 1.165) is 0 Å². The summed E-state index contributed by atoms with van der Waals surface area (Å²) in [6.45, 7) is 5.21. The van der Waals surface area contributed by atoms with Crippen molar-refractivity contribution in [3.8, 4) is 11.5 Å². The van der Waals surface area contributed by atoms with Gasteiger partial charge in [0.1, 0.15) is 17.1 Å². The summed E-state index contributed by atoms with van der Waals surface area (Å²) in [6.07, 6.45) is -4.83. The molecule has 2 rings (SSSR count). The molecule has 1 aromatic rings. The van der Waals surface area contributed by atoms with Gasteiger partial charge in [0.05, 0.1) is 18.4 Å². The number of nitrogens with one attached hydrogen (secondary N) is 1. The lowest BCUT2D eigenvalue weighted by Gasteiger charge is -2.37. The minimum atomic E-state index is -4.21. The third-order valence-electron chi connectivity index (χ3n) is 4.01. The number of alkyl halides is 3. The van der Waals surface area contributed by atoms with Crippen LogP contribution >= 0.6 is 0 Å². The number of ether oxygens (including phenoxy) is 2. The van der Waals surface area contributed by atoms with E-state index in [1.54, 1.807) is 25.1 Å². The largest absolute Gasteiger partial charge is 0.494 e. The highest BCUT2D eigenvalue weighted by molar-refractivity contribution is 7.89. The van der Waals surface area contributed by atoms with Crippen LogP contribution in [0.3, 0.4) is 0 Å². The molecule has 0 aliphatic carbocycles. The van der Waals surface area contributed by atoms with Crippen molar-refractivity contribution in [2.75, 3.05) is 12.4 Å². The predicted octanol–water partition coefficient (Wildman–Crippen LogP) is 3.95. The van der Waals surface area contributed by atoms with Crippen LogP contribution in [0.1, 0.15) is 51.6 Å². The zero-order valence-electron chi connectivity index (χ0n) is 15.0. The SMILES string of the molecule is CCS(=O)(=O)NC1CC(C)(C)Oc2ccc(OCCCC(F)(F)F)cc21. The quantitative estimate of drug-likeness (QED) is 0.710. The summed E-state index contributed by atoms with van der Waals surface area (Å²) >= 11 is 0. The molecular weight excluding hydrogens is 371 g/mol. The molecule has 0 saturated heterocycles. The Hall–Kier alpha value is -1.48. The van der Waals surface area contributed by atoms with Crippen molar-refractivity contribution < 1.29 is 31.1 Å². The first-order valence-electron chi connectivity index (χ1n) is 8.43. The van der Waals surface area contributed by atoms with Crippen LogP contribution in [-0.4, -0.2) is 32.6 Å². The van der Waals surface area contributed by atoms with E-state index in [9.17, 15) is 21.6 Å². The van der Waals surface area contributed by atoms with Crippen LogP contribution in [0, 0.1) is 0 Å². The smallest absolute Gasteiger partial charge is 0.389 e. The van der Waals surface area contributed by atoms with E-state index in [4.69, 9.17) is 9.47 Å². The van der Waals surface area contributed by atoms with Gasteiger partial charge < -0.3 is 9.47 Å². The molecule has 0 saturated carbocycles. The monoisotopic (exact) mass is 395 g/mol. The van der Waals surface area contributed by atoms with E-state index in [0.29, 0.717) is 23.5 Å². The van der Waals surface area contributed by atoms with Crippen LogP contribution < -0.4 is 14.2 Å². The Kier molecular flexibility index (Phi) is 6.12. The second kappa shape index (κ2) is 7.64. The molecule has 0 aromatic heterocycles. The van der Waals surface area contributed by atoms with Gasteiger partial charge in [-0.3, -0.25) is 0 Å². The Morgan fingerprint density at radius 1 is 1.35 bits per heavy atom. The van der Waals surface area contributed by atoms with E-state index in [-0.39, 0.29) is 18.8 Å². The molecule has 9 heteroatoms. The number of hydrogen-bond acceptors (Lipinski definition) is 4. The van der Waals surface area contributed by atoms with Crippen molar-refractivity contribution in [2.24, 2.45) is 0 Å². The second-order valence-electron chi connectivity index (χ2n) is 6.91. The van der Waals surface area contributed by atoms with E-state index in [2.05, 4.69) is 4.72 Å². The van der Waals surface area contributed by atoms with E-state index in [1.807, 2.05) is 13.8 Å². The van der Waals surface area contributed by atoms with Crippen molar-refractivity contribution >= 4 is 10.0 Å². The standard InChI is InChI=1S/C17H24F3NO4S/c1-4-26(22,23)21-14-11-16(2,3)25-15-7-6-12(10-13(14)15)24-9-5-8-17(18,19)20/h6-7,10,14,21H,4-5,8-9,11H2,1-3H3. The highest BCUT2D eigenvalue weighted by Crippen LogP contribution is 2.41. The Labute approximate surface area is 151 Å². The van der Waals surface area contributed by atoms with Gasteiger partial charge in [-0.15, -0.1) is 0 Å². The minimum absolute atomic E-state index is 0.0479. The number of halogens is 3. The highest BCUT2D eigenvalue weighted by Gasteiger charge is 2.35. The van der Waals surface area contributed by atoms with Crippen LogP contribution in [0.2, 0.25) is 0 Å². The van der Waals surface area contributed by atoms with Gasteiger partial charge in [0, 0.05) is 18.4 Å². The fourth-order valence-electron chi connectivity index (χ4n) is 2.79. The van der Waals surface area contributed by atoms with Gasteiger partial charge in [0.25, 0.3) is 0 Å². The van der Waals surface area contributed by atoms with Crippen molar-refractivity contribution in [1.29, 1.82) is 0 Å². The first-order chi connectivity index (χ1) is 11.9. The van der Waals surface area contributed by atoms with Crippen LogP contribution in [0.5, 0.6) is 11.5 Å². The summed E-state index contributed by atoms with van der Waals surface area (Å²) in [5.41, 5.74) is 0.0675. The minimum Gasteiger partial charge on any atom is -0.494 e. The molecule has 148 valence electrons. The zero-order chi connectivity index (χ0) is 19.6. The van der Waals surface area contributed by atoms with Crippen molar-refractivity contribution in [3.05, 3.63) is 23.8 Å².